The zero-order valence-corrected chi connectivity index (χ0v) is 16.4. The molecule has 1 aromatic carbocycles. The minimum Gasteiger partial charge on any atom is -0.334 e. The van der Waals surface area contributed by atoms with Crippen LogP contribution in [0.25, 0.3) is 0 Å². The molecule has 0 spiro atoms. The third kappa shape index (κ3) is 4.92. The molecule has 2 N–H and O–H groups in total. The highest BCUT2D eigenvalue weighted by Crippen LogP contribution is 2.28. The molecule has 3 amide bonds. The molecule has 0 aliphatic rings. The average Bonchev–Trinajstić information content (AvgIpc) is 2.97. The van der Waals surface area contributed by atoms with E-state index in [0.29, 0.717) is 16.9 Å². The standard InChI is InChI=1S/C19H23N3O3S/c1-11-6-7-18(26-11)12(2)22(5)19(25)15-8-16(20-13(3)23)10-17(9-15)21-14(4)24/h6-10,12H,1-5H3,(H,20,23)(H,21,24). The van der Waals surface area contributed by atoms with Gasteiger partial charge in [-0.3, -0.25) is 14.4 Å². The molecule has 0 aliphatic carbocycles. The molecule has 7 heteroatoms. The second kappa shape index (κ2) is 8.14. The number of aryl methyl sites for hydroxylation is 1. The summed E-state index contributed by atoms with van der Waals surface area (Å²) in [7, 11) is 1.74. The lowest BCUT2D eigenvalue weighted by atomic mass is 10.1. The number of nitrogens with one attached hydrogen (secondary N) is 2. The molecule has 0 aliphatic heterocycles. The van der Waals surface area contributed by atoms with Crippen molar-refractivity contribution in [2.45, 2.75) is 33.7 Å². The molecule has 0 saturated heterocycles. The van der Waals surface area contributed by atoms with Gasteiger partial charge in [0.2, 0.25) is 11.8 Å². The van der Waals surface area contributed by atoms with Gasteiger partial charge in [-0.2, -0.15) is 0 Å². The van der Waals surface area contributed by atoms with Crippen molar-refractivity contribution in [1.82, 2.24) is 4.90 Å². The highest BCUT2D eigenvalue weighted by atomic mass is 32.1. The molecule has 0 fully saturated rings. The van der Waals surface area contributed by atoms with Gasteiger partial charge in [-0.15, -0.1) is 11.3 Å². The summed E-state index contributed by atoms with van der Waals surface area (Å²) in [6, 6.07) is 8.79. The highest BCUT2D eigenvalue weighted by Gasteiger charge is 2.21. The average molecular weight is 373 g/mol. The molecule has 1 unspecified atom stereocenters. The minimum absolute atomic E-state index is 0.0881. The Labute approximate surface area is 157 Å². The molecule has 1 aromatic heterocycles. The van der Waals surface area contributed by atoms with Crippen LogP contribution in [0.15, 0.2) is 30.3 Å². The van der Waals surface area contributed by atoms with E-state index in [-0.39, 0.29) is 23.8 Å². The van der Waals surface area contributed by atoms with Crippen LogP contribution in [0, 0.1) is 6.92 Å². The van der Waals surface area contributed by atoms with Crippen molar-refractivity contribution in [1.29, 1.82) is 0 Å². The quantitative estimate of drug-likeness (QED) is 0.836. The summed E-state index contributed by atoms with van der Waals surface area (Å²) in [6.07, 6.45) is 0. The van der Waals surface area contributed by atoms with Gasteiger partial charge in [0.15, 0.2) is 0 Å². The van der Waals surface area contributed by atoms with Gasteiger partial charge >= 0.3 is 0 Å². The number of anilines is 2. The van der Waals surface area contributed by atoms with Gasteiger partial charge < -0.3 is 15.5 Å². The molecule has 2 aromatic rings. The Hall–Kier alpha value is -2.67. The molecule has 2 rings (SSSR count). The summed E-state index contributed by atoms with van der Waals surface area (Å²) in [5.41, 5.74) is 1.31. The third-order valence-corrected chi connectivity index (χ3v) is 5.07. The van der Waals surface area contributed by atoms with Gasteiger partial charge in [-0.1, -0.05) is 0 Å². The van der Waals surface area contributed by atoms with Crippen molar-refractivity contribution in [3.8, 4) is 0 Å². The fourth-order valence-electron chi connectivity index (χ4n) is 2.55. The first-order valence-corrected chi connectivity index (χ1v) is 9.02. The second-order valence-electron chi connectivity index (χ2n) is 6.20. The van der Waals surface area contributed by atoms with E-state index in [0.717, 1.165) is 4.88 Å². The van der Waals surface area contributed by atoms with Crippen molar-refractivity contribution in [2.75, 3.05) is 17.7 Å². The van der Waals surface area contributed by atoms with E-state index in [1.807, 2.05) is 26.0 Å². The zero-order chi connectivity index (χ0) is 19.4. The van der Waals surface area contributed by atoms with E-state index in [1.54, 1.807) is 41.5 Å². The Morgan fingerprint density at radius 2 is 1.54 bits per heavy atom. The van der Waals surface area contributed by atoms with E-state index in [2.05, 4.69) is 10.6 Å². The van der Waals surface area contributed by atoms with Crippen LogP contribution in [-0.4, -0.2) is 29.7 Å². The smallest absolute Gasteiger partial charge is 0.254 e. The maximum Gasteiger partial charge on any atom is 0.254 e. The number of carbonyl (C=O) groups is 3. The Kier molecular flexibility index (Phi) is 6.15. The number of nitrogens with zero attached hydrogens (tertiary/aromatic N) is 1. The monoisotopic (exact) mass is 373 g/mol. The molecule has 26 heavy (non-hydrogen) atoms. The van der Waals surface area contributed by atoms with Crippen LogP contribution >= 0.6 is 11.3 Å². The second-order valence-corrected chi connectivity index (χ2v) is 7.52. The number of carbonyl (C=O) groups excluding carboxylic acids is 3. The Balaban J connectivity index is 2.33. The first-order chi connectivity index (χ1) is 12.2. The van der Waals surface area contributed by atoms with Gasteiger partial charge in [-0.05, 0) is 44.2 Å². The summed E-state index contributed by atoms with van der Waals surface area (Å²) >= 11 is 1.65. The van der Waals surface area contributed by atoms with Crippen LogP contribution in [0.3, 0.4) is 0 Å². The molecule has 0 saturated carbocycles. The first kappa shape index (κ1) is 19.7. The van der Waals surface area contributed by atoms with Gasteiger partial charge in [0.25, 0.3) is 5.91 Å². The van der Waals surface area contributed by atoms with Crippen molar-refractivity contribution >= 4 is 40.4 Å². The number of thiophene rings is 1. The Bertz CT molecular complexity index is 810. The van der Waals surface area contributed by atoms with Gasteiger partial charge in [0.05, 0.1) is 6.04 Å². The molecule has 138 valence electrons. The molecular formula is C19H23N3O3S. The number of benzene rings is 1. The third-order valence-electron chi connectivity index (χ3n) is 3.89. The number of hydrogen-bond donors (Lipinski definition) is 2. The van der Waals surface area contributed by atoms with E-state index in [1.165, 1.54) is 18.7 Å². The summed E-state index contributed by atoms with van der Waals surface area (Å²) in [6.45, 7) is 6.77. The topological polar surface area (TPSA) is 78.5 Å². The molecule has 0 bridgehead atoms. The summed E-state index contributed by atoms with van der Waals surface area (Å²) in [4.78, 5) is 39.6. The van der Waals surface area contributed by atoms with E-state index in [4.69, 9.17) is 0 Å². The number of hydrogen-bond acceptors (Lipinski definition) is 4. The van der Waals surface area contributed by atoms with Crippen LogP contribution in [0.4, 0.5) is 11.4 Å². The SMILES string of the molecule is CC(=O)Nc1cc(NC(C)=O)cc(C(=O)N(C)C(C)c2ccc(C)s2)c1. The van der Waals surface area contributed by atoms with E-state index >= 15 is 0 Å². The highest BCUT2D eigenvalue weighted by molar-refractivity contribution is 7.12. The largest absolute Gasteiger partial charge is 0.334 e. The maximum atomic E-state index is 12.9. The van der Waals surface area contributed by atoms with Crippen molar-refractivity contribution in [2.24, 2.45) is 0 Å². The van der Waals surface area contributed by atoms with Crippen molar-refractivity contribution in [3.05, 3.63) is 45.6 Å². The summed E-state index contributed by atoms with van der Waals surface area (Å²) < 4.78 is 0. The van der Waals surface area contributed by atoms with Gasteiger partial charge in [0, 0.05) is 47.6 Å². The normalized spacial score (nSPS) is 11.6. The Morgan fingerprint density at radius 3 is 1.96 bits per heavy atom. The Morgan fingerprint density at radius 1 is 1.00 bits per heavy atom. The van der Waals surface area contributed by atoms with Gasteiger partial charge in [0.1, 0.15) is 0 Å². The van der Waals surface area contributed by atoms with E-state index < -0.39 is 0 Å². The molecule has 6 nitrogen and oxygen atoms in total. The predicted molar refractivity (Wildman–Crippen MR) is 105 cm³/mol. The summed E-state index contributed by atoms with van der Waals surface area (Å²) in [5.74, 6) is -0.694. The van der Waals surface area contributed by atoms with Crippen LogP contribution in [0.1, 0.15) is 46.9 Å². The maximum absolute atomic E-state index is 12.9. The minimum atomic E-state index is -0.251. The summed E-state index contributed by atoms with van der Waals surface area (Å²) in [5, 5.41) is 5.32. The van der Waals surface area contributed by atoms with E-state index in [9.17, 15) is 14.4 Å². The zero-order valence-electron chi connectivity index (χ0n) is 15.5. The molecule has 1 atom stereocenters. The van der Waals surface area contributed by atoms with Crippen LogP contribution < -0.4 is 10.6 Å². The van der Waals surface area contributed by atoms with Crippen LogP contribution in [0.5, 0.6) is 0 Å². The number of amides is 3. The fraction of sp³-hybridized carbons (Fsp3) is 0.316. The molecular weight excluding hydrogens is 350 g/mol. The van der Waals surface area contributed by atoms with Crippen LogP contribution in [-0.2, 0) is 9.59 Å². The molecule has 0 radical (unpaired) electrons. The fourth-order valence-corrected chi connectivity index (χ4v) is 3.52. The first-order valence-electron chi connectivity index (χ1n) is 8.21. The lowest BCUT2D eigenvalue weighted by Crippen LogP contribution is -2.29. The van der Waals surface area contributed by atoms with Crippen molar-refractivity contribution in [3.63, 3.8) is 0 Å². The molecule has 1 heterocycles. The number of rotatable bonds is 5. The van der Waals surface area contributed by atoms with Crippen molar-refractivity contribution < 1.29 is 14.4 Å². The van der Waals surface area contributed by atoms with Gasteiger partial charge in [-0.25, -0.2) is 0 Å². The van der Waals surface area contributed by atoms with Crippen LogP contribution in [0.2, 0.25) is 0 Å². The lowest BCUT2D eigenvalue weighted by Gasteiger charge is -2.24. The predicted octanol–water partition coefficient (Wildman–Crippen LogP) is 3.81. The lowest BCUT2D eigenvalue weighted by molar-refractivity contribution is -0.115.